The summed E-state index contributed by atoms with van der Waals surface area (Å²) in [6.07, 6.45) is 0.0496. The summed E-state index contributed by atoms with van der Waals surface area (Å²) in [6, 6.07) is 10.5. The molecule has 0 aliphatic carbocycles. The van der Waals surface area contributed by atoms with E-state index in [1.807, 2.05) is 13.8 Å². The maximum absolute atomic E-state index is 12.2. The summed E-state index contributed by atoms with van der Waals surface area (Å²) < 4.78 is 5.51. The smallest absolute Gasteiger partial charge is 0.271 e. The first kappa shape index (κ1) is 16.8. The molecular weight excluding hydrogens is 320 g/mol. The molecule has 0 fully saturated rings. The van der Waals surface area contributed by atoms with Crippen LogP contribution < -0.4 is 10.1 Å². The highest BCUT2D eigenvalue weighted by Crippen LogP contribution is 2.27. The van der Waals surface area contributed by atoms with Gasteiger partial charge in [0.25, 0.3) is 11.6 Å². The summed E-state index contributed by atoms with van der Waals surface area (Å²) >= 11 is 5.95. The molecule has 2 rings (SSSR count). The molecule has 6 nitrogen and oxygen atoms in total. The molecule has 7 heteroatoms. The molecule has 1 amide bonds. The zero-order chi connectivity index (χ0) is 17.0. The lowest BCUT2D eigenvalue weighted by molar-refractivity contribution is -0.384. The summed E-state index contributed by atoms with van der Waals surface area (Å²) in [4.78, 5) is 22.3. The van der Waals surface area contributed by atoms with Gasteiger partial charge in [0.05, 0.1) is 21.7 Å². The van der Waals surface area contributed by atoms with E-state index in [9.17, 15) is 14.9 Å². The van der Waals surface area contributed by atoms with Crippen molar-refractivity contribution in [2.75, 3.05) is 5.32 Å². The van der Waals surface area contributed by atoms with Crippen molar-refractivity contribution in [2.24, 2.45) is 0 Å². The van der Waals surface area contributed by atoms with Crippen molar-refractivity contribution >= 4 is 28.9 Å². The van der Waals surface area contributed by atoms with Crippen LogP contribution in [0.5, 0.6) is 5.75 Å². The number of hydrogen-bond donors (Lipinski definition) is 1. The molecule has 0 aliphatic heterocycles. The highest BCUT2D eigenvalue weighted by Gasteiger charge is 2.12. The van der Waals surface area contributed by atoms with Crippen molar-refractivity contribution in [3.8, 4) is 5.75 Å². The summed E-state index contributed by atoms with van der Waals surface area (Å²) in [7, 11) is 0. The van der Waals surface area contributed by atoms with E-state index < -0.39 is 4.92 Å². The molecule has 0 heterocycles. The van der Waals surface area contributed by atoms with E-state index in [0.717, 1.165) is 0 Å². The summed E-state index contributed by atoms with van der Waals surface area (Å²) in [5, 5.41) is 13.4. The fourth-order valence-electron chi connectivity index (χ4n) is 1.87. The Morgan fingerprint density at radius 2 is 1.87 bits per heavy atom. The number of nitro groups is 1. The number of nitrogens with zero attached hydrogens (tertiary/aromatic N) is 1. The SMILES string of the molecule is CC(C)Oc1ccc(C(=O)Nc2ccc([N+](=O)[O-])cc2Cl)cc1. The van der Waals surface area contributed by atoms with Crippen LogP contribution >= 0.6 is 11.6 Å². The molecule has 23 heavy (non-hydrogen) atoms. The van der Waals surface area contributed by atoms with Gasteiger partial charge in [-0.3, -0.25) is 14.9 Å². The number of ether oxygens (including phenoxy) is 1. The summed E-state index contributed by atoms with van der Waals surface area (Å²) in [6.45, 7) is 3.83. The molecule has 120 valence electrons. The topological polar surface area (TPSA) is 81.5 Å². The van der Waals surface area contributed by atoms with Gasteiger partial charge in [-0.05, 0) is 44.2 Å². The number of anilines is 1. The van der Waals surface area contributed by atoms with Crippen LogP contribution in [0.4, 0.5) is 11.4 Å². The lowest BCUT2D eigenvalue weighted by Crippen LogP contribution is -2.12. The third-order valence-corrected chi connectivity index (χ3v) is 3.21. The monoisotopic (exact) mass is 334 g/mol. The summed E-state index contributed by atoms with van der Waals surface area (Å²) in [5.41, 5.74) is 0.600. The average Bonchev–Trinajstić information content (AvgIpc) is 2.49. The highest BCUT2D eigenvalue weighted by molar-refractivity contribution is 6.34. The van der Waals surface area contributed by atoms with Gasteiger partial charge in [0.1, 0.15) is 5.75 Å². The first-order valence-corrected chi connectivity index (χ1v) is 7.26. The van der Waals surface area contributed by atoms with Crippen LogP contribution in [0.2, 0.25) is 5.02 Å². The number of non-ortho nitro benzene ring substituents is 1. The van der Waals surface area contributed by atoms with Crippen molar-refractivity contribution in [3.63, 3.8) is 0 Å². The van der Waals surface area contributed by atoms with E-state index in [2.05, 4.69) is 5.32 Å². The van der Waals surface area contributed by atoms with Crippen LogP contribution in [0.25, 0.3) is 0 Å². The second-order valence-electron chi connectivity index (χ2n) is 5.07. The average molecular weight is 335 g/mol. The molecule has 0 atom stereocenters. The van der Waals surface area contributed by atoms with Crippen molar-refractivity contribution in [3.05, 3.63) is 63.2 Å². The van der Waals surface area contributed by atoms with E-state index in [4.69, 9.17) is 16.3 Å². The minimum absolute atomic E-state index is 0.0496. The predicted molar refractivity (Wildman–Crippen MR) is 88.3 cm³/mol. The second-order valence-corrected chi connectivity index (χ2v) is 5.47. The zero-order valence-electron chi connectivity index (χ0n) is 12.6. The number of halogens is 1. The minimum atomic E-state index is -0.551. The van der Waals surface area contributed by atoms with Gasteiger partial charge >= 0.3 is 0 Å². The van der Waals surface area contributed by atoms with E-state index in [1.165, 1.54) is 18.2 Å². The van der Waals surface area contributed by atoms with Gasteiger partial charge in [-0.2, -0.15) is 0 Å². The fraction of sp³-hybridized carbons (Fsp3) is 0.188. The van der Waals surface area contributed by atoms with Crippen LogP contribution in [0, 0.1) is 10.1 Å². The molecule has 1 N–H and O–H groups in total. The number of nitro benzene ring substituents is 1. The fourth-order valence-corrected chi connectivity index (χ4v) is 2.09. The Labute approximate surface area is 138 Å². The van der Waals surface area contributed by atoms with Crippen molar-refractivity contribution in [1.29, 1.82) is 0 Å². The molecule has 0 aromatic heterocycles. The Balaban J connectivity index is 2.11. The summed E-state index contributed by atoms with van der Waals surface area (Å²) in [5.74, 6) is 0.307. The van der Waals surface area contributed by atoms with Crippen molar-refractivity contribution in [1.82, 2.24) is 0 Å². The number of rotatable bonds is 5. The molecule has 2 aromatic carbocycles. The van der Waals surface area contributed by atoms with Gasteiger partial charge in [-0.1, -0.05) is 11.6 Å². The molecule has 0 aliphatic rings. The third-order valence-electron chi connectivity index (χ3n) is 2.90. The van der Waals surface area contributed by atoms with Gasteiger partial charge in [-0.15, -0.1) is 0 Å². The minimum Gasteiger partial charge on any atom is -0.491 e. The lowest BCUT2D eigenvalue weighted by atomic mass is 10.2. The Hall–Kier alpha value is -2.60. The van der Waals surface area contributed by atoms with E-state index in [1.54, 1.807) is 24.3 Å². The van der Waals surface area contributed by atoms with Gasteiger partial charge in [0.2, 0.25) is 0 Å². The van der Waals surface area contributed by atoms with Crippen LogP contribution in [0.1, 0.15) is 24.2 Å². The van der Waals surface area contributed by atoms with Gasteiger partial charge in [0.15, 0.2) is 0 Å². The van der Waals surface area contributed by atoms with Crippen molar-refractivity contribution < 1.29 is 14.5 Å². The molecule has 0 radical (unpaired) electrons. The second kappa shape index (κ2) is 7.11. The number of amides is 1. The van der Waals surface area contributed by atoms with Gasteiger partial charge < -0.3 is 10.1 Å². The number of carbonyl (C=O) groups is 1. The molecule has 0 saturated heterocycles. The van der Waals surface area contributed by atoms with Crippen molar-refractivity contribution in [2.45, 2.75) is 20.0 Å². The Kier molecular flexibility index (Phi) is 5.18. The molecule has 0 saturated carbocycles. The number of benzene rings is 2. The van der Waals surface area contributed by atoms with Gasteiger partial charge in [-0.25, -0.2) is 0 Å². The zero-order valence-corrected chi connectivity index (χ0v) is 13.3. The Morgan fingerprint density at radius 1 is 1.22 bits per heavy atom. The van der Waals surface area contributed by atoms with Crippen LogP contribution in [0.15, 0.2) is 42.5 Å². The van der Waals surface area contributed by atoms with Crippen LogP contribution in [-0.2, 0) is 0 Å². The maximum Gasteiger partial charge on any atom is 0.271 e. The van der Waals surface area contributed by atoms with Crippen LogP contribution in [0.3, 0.4) is 0 Å². The standard InChI is InChI=1S/C16H15ClN2O4/c1-10(2)23-13-6-3-11(4-7-13)16(20)18-15-8-5-12(19(21)22)9-14(15)17/h3-10H,1-2H3,(H,18,20). The quantitative estimate of drug-likeness (QED) is 0.653. The van der Waals surface area contributed by atoms with E-state index in [0.29, 0.717) is 17.0 Å². The third kappa shape index (κ3) is 4.43. The Bertz CT molecular complexity index is 729. The maximum atomic E-state index is 12.2. The highest BCUT2D eigenvalue weighted by atomic mass is 35.5. The van der Waals surface area contributed by atoms with Gasteiger partial charge in [0, 0.05) is 17.7 Å². The molecule has 0 spiro atoms. The molecule has 0 unspecified atom stereocenters. The first-order valence-electron chi connectivity index (χ1n) is 6.89. The first-order chi connectivity index (χ1) is 10.9. The largest absolute Gasteiger partial charge is 0.491 e. The number of hydrogen-bond acceptors (Lipinski definition) is 4. The Morgan fingerprint density at radius 3 is 2.39 bits per heavy atom. The van der Waals surface area contributed by atoms with Crippen LogP contribution in [-0.4, -0.2) is 16.9 Å². The van der Waals surface area contributed by atoms with E-state index >= 15 is 0 Å². The molecular formula is C16H15ClN2O4. The normalized spacial score (nSPS) is 10.4. The molecule has 0 bridgehead atoms. The lowest BCUT2D eigenvalue weighted by Gasteiger charge is -2.10. The molecule has 2 aromatic rings. The number of nitrogens with one attached hydrogen (secondary N) is 1. The predicted octanol–water partition coefficient (Wildman–Crippen LogP) is 4.29. The van der Waals surface area contributed by atoms with E-state index in [-0.39, 0.29) is 22.7 Å². The number of carbonyl (C=O) groups excluding carboxylic acids is 1.